The van der Waals surface area contributed by atoms with E-state index in [1.807, 2.05) is 18.5 Å². The molecule has 0 unspecified atom stereocenters. The van der Waals surface area contributed by atoms with Crippen LogP contribution in [-0.2, 0) is 0 Å². The van der Waals surface area contributed by atoms with Gasteiger partial charge in [0, 0.05) is 24.6 Å². The van der Waals surface area contributed by atoms with Crippen LogP contribution in [0.15, 0.2) is 41.6 Å². The van der Waals surface area contributed by atoms with E-state index in [2.05, 4.69) is 33.0 Å². The lowest BCUT2D eigenvalue weighted by Crippen LogP contribution is -2.17. The van der Waals surface area contributed by atoms with E-state index in [0.717, 1.165) is 0 Å². The molecule has 3 rings (SSSR count). The number of hydrogen-bond acceptors (Lipinski definition) is 5. The molecule has 1 aliphatic rings. The molecule has 0 spiro atoms. The fraction of sp³-hybridized carbons (Fsp3) is 0.357. The molecule has 0 saturated carbocycles. The summed E-state index contributed by atoms with van der Waals surface area (Å²) >= 11 is 0. The molecule has 0 amide bonds. The number of aromatic nitrogens is 3. The molecule has 0 aromatic carbocycles. The van der Waals surface area contributed by atoms with E-state index < -0.39 is 5.69 Å². The van der Waals surface area contributed by atoms with Crippen LogP contribution in [0.3, 0.4) is 0 Å². The van der Waals surface area contributed by atoms with Crippen molar-refractivity contribution in [2.75, 3.05) is 19.3 Å². The van der Waals surface area contributed by atoms with Crippen LogP contribution < -0.4 is 11.4 Å². The fourth-order valence-corrected chi connectivity index (χ4v) is 2.29. The van der Waals surface area contributed by atoms with Crippen LogP contribution in [0.4, 0.5) is 5.82 Å². The van der Waals surface area contributed by atoms with Crippen molar-refractivity contribution in [3.63, 3.8) is 0 Å². The lowest BCUT2D eigenvalue weighted by molar-refractivity contribution is 0.317. The number of nitrogens with two attached hydrogens (primary N) is 1. The zero-order chi connectivity index (χ0) is 14.4. The van der Waals surface area contributed by atoms with Crippen LogP contribution in [0.25, 0.3) is 0 Å². The van der Waals surface area contributed by atoms with Crippen molar-refractivity contribution in [2.24, 2.45) is 0 Å². The molecule has 1 atom stereocenters. The SMILES string of the molecule is CN1CCC[C@H]1c1cccnc1.Nc1ccnc(=O)[nH]1. The first-order valence-electron chi connectivity index (χ1n) is 6.58. The van der Waals surface area contributed by atoms with E-state index in [9.17, 15) is 4.79 Å². The van der Waals surface area contributed by atoms with Crippen molar-refractivity contribution in [1.29, 1.82) is 0 Å². The minimum absolute atomic E-state index is 0.338. The molecular formula is C14H19N5O. The van der Waals surface area contributed by atoms with Crippen LogP contribution in [0.2, 0.25) is 0 Å². The van der Waals surface area contributed by atoms with Gasteiger partial charge in [-0.05, 0) is 44.1 Å². The van der Waals surface area contributed by atoms with Gasteiger partial charge in [0.25, 0.3) is 0 Å². The van der Waals surface area contributed by atoms with Crippen molar-refractivity contribution in [3.8, 4) is 0 Å². The second-order valence-electron chi connectivity index (χ2n) is 4.76. The summed E-state index contributed by atoms with van der Waals surface area (Å²) in [4.78, 5) is 22.4. The third-order valence-corrected chi connectivity index (χ3v) is 3.29. The van der Waals surface area contributed by atoms with Crippen LogP contribution in [0.5, 0.6) is 0 Å². The minimum Gasteiger partial charge on any atom is -0.385 e. The maximum atomic E-state index is 10.2. The first kappa shape index (κ1) is 14.2. The average Bonchev–Trinajstić information content (AvgIpc) is 2.86. The Bertz CT molecular complexity index is 583. The summed E-state index contributed by atoms with van der Waals surface area (Å²) in [6, 6.07) is 6.31. The van der Waals surface area contributed by atoms with E-state index in [1.165, 1.54) is 37.2 Å². The Balaban J connectivity index is 0.000000160. The maximum Gasteiger partial charge on any atom is 0.346 e. The maximum absolute atomic E-state index is 10.2. The third-order valence-electron chi connectivity index (χ3n) is 3.29. The van der Waals surface area contributed by atoms with E-state index in [-0.39, 0.29) is 0 Å². The van der Waals surface area contributed by atoms with E-state index in [4.69, 9.17) is 5.73 Å². The highest BCUT2D eigenvalue weighted by Crippen LogP contribution is 2.29. The molecule has 0 aliphatic carbocycles. The summed E-state index contributed by atoms with van der Waals surface area (Å²) in [5.41, 5.74) is 6.11. The zero-order valence-electron chi connectivity index (χ0n) is 11.5. The van der Waals surface area contributed by atoms with Gasteiger partial charge in [-0.25, -0.2) is 9.78 Å². The van der Waals surface area contributed by atoms with Gasteiger partial charge in [-0.3, -0.25) is 14.9 Å². The number of likely N-dealkylation sites (tertiary alicyclic amines) is 1. The Kier molecular flexibility index (Phi) is 4.84. The summed E-state index contributed by atoms with van der Waals surface area (Å²) in [7, 11) is 2.19. The van der Waals surface area contributed by atoms with Crippen LogP contribution >= 0.6 is 0 Å². The van der Waals surface area contributed by atoms with E-state index in [1.54, 1.807) is 0 Å². The number of aromatic amines is 1. The van der Waals surface area contributed by atoms with Gasteiger partial charge in [0.05, 0.1) is 0 Å². The van der Waals surface area contributed by atoms with Gasteiger partial charge in [-0.1, -0.05) is 6.07 Å². The Labute approximate surface area is 117 Å². The van der Waals surface area contributed by atoms with Crippen LogP contribution in [0, 0.1) is 0 Å². The smallest absolute Gasteiger partial charge is 0.346 e. The molecule has 1 fully saturated rings. The number of hydrogen-bond donors (Lipinski definition) is 2. The lowest BCUT2D eigenvalue weighted by Gasteiger charge is -2.18. The lowest BCUT2D eigenvalue weighted by atomic mass is 10.1. The van der Waals surface area contributed by atoms with Crippen LogP contribution in [0.1, 0.15) is 24.4 Å². The summed E-state index contributed by atoms with van der Waals surface area (Å²) in [6.07, 6.45) is 7.76. The largest absolute Gasteiger partial charge is 0.385 e. The highest BCUT2D eigenvalue weighted by atomic mass is 16.1. The quantitative estimate of drug-likeness (QED) is 0.815. The number of nitrogens with one attached hydrogen (secondary N) is 1. The van der Waals surface area contributed by atoms with Gasteiger partial charge >= 0.3 is 5.69 Å². The average molecular weight is 273 g/mol. The Morgan fingerprint density at radius 1 is 1.40 bits per heavy atom. The van der Waals surface area contributed by atoms with Crippen molar-refractivity contribution in [3.05, 3.63) is 52.8 Å². The zero-order valence-corrected chi connectivity index (χ0v) is 11.5. The number of nitrogens with zero attached hydrogens (tertiary/aromatic N) is 3. The molecule has 6 heteroatoms. The van der Waals surface area contributed by atoms with Crippen molar-refractivity contribution in [2.45, 2.75) is 18.9 Å². The fourth-order valence-electron chi connectivity index (χ4n) is 2.29. The number of nitrogen functional groups attached to an aromatic ring is 1. The number of pyridine rings is 1. The Hall–Kier alpha value is -2.21. The normalized spacial score (nSPS) is 18.4. The molecule has 3 N–H and O–H groups in total. The van der Waals surface area contributed by atoms with E-state index in [0.29, 0.717) is 11.9 Å². The monoisotopic (exact) mass is 273 g/mol. The summed E-state index contributed by atoms with van der Waals surface area (Å²) in [5, 5.41) is 0. The predicted molar refractivity (Wildman–Crippen MR) is 78.1 cm³/mol. The number of H-pyrrole nitrogens is 1. The van der Waals surface area contributed by atoms with Crippen molar-refractivity contribution in [1.82, 2.24) is 19.9 Å². The van der Waals surface area contributed by atoms with Crippen LogP contribution in [-0.4, -0.2) is 33.4 Å². The van der Waals surface area contributed by atoms with Crippen molar-refractivity contribution < 1.29 is 0 Å². The van der Waals surface area contributed by atoms with Gasteiger partial charge in [0.15, 0.2) is 0 Å². The first-order chi connectivity index (χ1) is 9.66. The van der Waals surface area contributed by atoms with Gasteiger partial charge < -0.3 is 5.73 Å². The molecule has 106 valence electrons. The van der Waals surface area contributed by atoms with Gasteiger partial charge in [-0.15, -0.1) is 0 Å². The minimum atomic E-state index is -0.412. The molecule has 6 nitrogen and oxygen atoms in total. The Morgan fingerprint density at radius 2 is 2.25 bits per heavy atom. The second kappa shape index (κ2) is 6.81. The molecule has 0 radical (unpaired) electrons. The summed E-state index contributed by atoms with van der Waals surface area (Å²) in [5.74, 6) is 0.338. The molecule has 0 bridgehead atoms. The van der Waals surface area contributed by atoms with Gasteiger partial charge in [-0.2, -0.15) is 0 Å². The van der Waals surface area contributed by atoms with Gasteiger partial charge in [0.1, 0.15) is 5.82 Å². The molecular weight excluding hydrogens is 254 g/mol. The first-order valence-corrected chi connectivity index (χ1v) is 6.58. The molecule has 20 heavy (non-hydrogen) atoms. The summed E-state index contributed by atoms with van der Waals surface area (Å²) in [6.45, 7) is 1.22. The molecule has 1 saturated heterocycles. The third kappa shape index (κ3) is 3.89. The topological polar surface area (TPSA) is 87.9 Å². The highest BCUT2D eigenvalue weighted by molar-refractivity contribution is 5.22. The predicted octanol–water partition coefficient (Wildman–Crippen LogP) is 1.20. The molecule has 2 aromatic heterocycles. The van der Waals surface area contributed by atoms with Crippen molar-refractivity contribution >= 4 is 5.82 Å². The molecule has 3 heterocycles. The van der Waals surface area contributed by atoms with Gasteiger partial charge in [0.2, 0.25) is 0 Å². The standard InChI is InChI=1S/C10H14N2.C4H5N3O/c1-12-7-3-5-10(12)9-4-2-6-11-8-9;5-3-1-2-6-4(8)7-3/h2,4,6,8,10H,3,5,7H2,1H3;1-2H,(H3,5,6,7,8)/t10-;/m0./s1. The van der Waals surface area contributed by atoms with E-state index >= 15 is 0 Å². The second-order valence-corrected chi connectivity index (χ2v) is 4.76. The molecule has 1 aliphatic heterocycles. The Morgan fingerprint density at radius 3 is 2.75 bits per heavy atom. The summed E-state index contributed by atoms with van der Waals surface area (Å²) < 4.78 is 0. The number of rotatable bonds is 1. The number of anilines is 1. The highest BCUT2D eigenvalue weighted by Gasteiger charge is 2.21. The molecule has 2 aromatic rings.